The van der Waals surface area contributed by atoms with Gasteiger partial charge >= 0.3 is 5.69 Å². The molecule has 1 aromatic carbocycles. The molecule has 1 aromatic heterocycles. The van der Waals surface area contributed by atoms with E-state index in [9.17, 15) is 18.5 Å². The fourth-order valence-electron chi connectivity index (χ4n) is 1.99. The quantitative estimate of drug-likeness (QED) is 0.393. The highest BCUT2D eigenvalue weighted by Crippen LogP contribution is 2.34. The van der Waals surface area contributed by atoms with Crippen molar-refractivity contribution in [1.29, 1.82) is 0 Å². The van der Waals surface area contributed by atoms with E-state index in [2.05, 4.69) is 9.93 Å². The molecule has 0 aliphatic carbocycles. The highest BCUT2D eigenvalue weighted by molar-refractivity contribution is 7.91. The summed E-state index contributed by atoms with van der Waals surface area (Å²) in [7, 11) is -3.78. The smallest absolute Gasteiger partial charge is 0.311 e. The minimum atomic E-state index is -3.78. The first-order valence-electron chi connectivity index (χ1n) is 7.55. The van der Waals surface area contributed by atoms with E-state index in [-0.39, 0.29) is 27.8 Å². The van der Waals surface area contributed by atoms with E-state index in [0.29, 0.717) is 12.4 Å². The van der Waals surface area contributed by atoms with Gasteiger partial charge in [-0.25, -0.2) is 0 Å². The zero-order valence-corrected chi connectivity index (χ0v) is 15.7. The van der Waals surface area contributed by atoms with E-state index < -0.39 is 14.9 Å². The van der Waals surface area contributed by atoms with E-state index in [1.807, 2.05) is 0 Å². The molecule has 0 atom stereocenters. The highest BCUT2D eigenvalue weighted by atomic mass is 32.2. The second-order valence-electron chi connectivity index (χ2n) is 4.77. The second kappa shape index (κ2) is 8.63. The third kappa shape index (κ3) is 4.70. The predicted octanol–water partition coefficient (Wildman–Crippen LogP) is 2.77. The number of rotatable bonds is 9. The van der Waals surface area contributed by atoms with Crippen LogP contribution >= 0.6 is 11.3 Å². The Bertz CT molecular complexity index is 894. The maximum atomic E-state index is 12.0. The van der Waals surface area contributed by atoms with Gasteiger partial charge in [0.25, 0.3) is 10.0 Å². The van der Waals surface area contributed by atoms with Crippen LogP contribution in [0.25, 0.3) is 0 Å². The fraction of sp³-hybridized carbons (Fsp3) is 0.267. The Labute approximate surface area is 154 Å². The number of benzene rings is 1. The second-order valence-corrected chi connectivity index (χ2v) is 7.60. The molecule has 0 spiro atoms. The summed E-state index contributed by atoms with van der Waals surface area (Å²) < 4.78 is 34.9. The van der Waals surface area contributed by atoms with Gasteiger partial charge in [0.1, 0.15) is 9.96 Å². The van der Waals surface area contributed by atoms with Crippen LogP contribution in [0.1, 0.15) is 19.4 Å². The normalized spacial score (nSPS) is 11.5. The SMILES string of the molecule is CCOc1cc(OCC)c([N+](=O)[O-])cc1/C=N/NS(=O)(=O)c1cccs1. The van der Waals surface area contributed by atoms with E-state index >= 15 is 0 Å². The van der Waals surface area contributed by atoms with Crippen molar-refractivity contribution in [3.05, 3.63) is 45.3 Å². The summed E-state index contributed by atoms with van der Waals surface area (Å²) in [6.45, 7) is 4.02. The van der Waals surface area contributed by atoms with E-state index in [1.54, 1.807) is 25.3 Å². The molecule has 0 amide bonds. The molecule has 0 bridgehead atoms. The molecule has 11 heteroatoms. The minimum absolute atomic E-state index is 0.0669. The van der Waals surface area contributed by atoms with Crippen LogP contribution in [0.4, 0.5) is 5.69 Å². The van der Waals surface area contributed by atoms with Crippen molar-refractivity contribution in [2.75, 3.05) is 13.2 Å². The average Bonchev–Trinajstić information content (AvgIpc) is 3.12. The van der Waals surface area contributed by atoms with Gasteiger partial charge in [0.05, 0.1) is 24.4 Å². The Hall–Kier alpha value is -2.66. The molecular formula is C15H17N3O6S2. The number of nitro benzene ring substituents is 1. The van der Waals surface area contributed by atoms with Crippen molar-refractivity contribution in [2.45, 2.75) is 18.1 Å². The number of nitrogens with zero attached hydrogens (tertiary/aromatic N) is 2. The molecular weight excluding hydrogens is 382 g/mol. The first-order valence-corrected chi connectivity index (χ1v) is 9.91. The van der Waals surface area contributed by atoms with E-state index in [0.717, 1.165) is 17.6 Å². The van der Waals surface area contributed by atoms with Crippen LogP contribution in [-0.4, -0.2) is 32.8 Å². The molecule has 0 saturated heterocycles. The molecule has 9 nitrogen and oxygen atoms in total. The van der Waals surface area contributed by atoms with Gasteiger partial charge in [-0.3, -0.25) is 10.1 Å². The number of hydrogen-bond acceptors (Lipinski definition) is 8. The predicted molar refractivity (Wildman–Crippen MR) is 97.7 cm³/mol. The molecule has 2 aromatic rings. The van der Waals surface area contributed by atoms with Gasteiger partial charge < -0.3 is 9.47 Å². The van der Waals surface area contributed by atoms with Gasteiger partial charge in [-0.15, -0.1) is 11.3 Å². The number of ether oxygens (including phenoxy) is 2. The molecule has 0 radical (unpaired) electrons. The van der Waals surface area contributed by atoms with Crippen molar-refractivity contribution in [1.82, 2.24) is 4.83 Å². The Balaban J connectivity index is 2.34. The number of nitrogens with one attached hydrogen (secondary N) is 1. The summed E-state index contributed by atoms with van der Waals surface area (Å²) >= 11 is 1.05. The summed E-state index contributed by atoms with van der Waals surface area (Å²) in [6.07, 6.45) is 1.15. The Morgan fingerprint density at radius 3 is 2.54 bits per heavy atom. The molecule has 26 heavy (non-hydrogen) atoms. The minimum Gasteiger partial charge on any atom is -0.493 e. The monoisotopic (exact) mass is 399 g/mol. The first kappa shape index (κ1) is 19.7. The summed E-state index contributed by atoms with van der Waals surface area (Å²) in [4.78, 5) is 12.7. The summed E-state index contributed by atoms with van der Waals surface area (Å²) in [5, 5.41) is 16.6. The number of hydrazone groups is 1. The molecule has 0 aliphatic heterocycles. The number of thiophene rings is 1. The van der Waals surface area contributed by atoms with Crippen molar-refractivity contribution >= 4 is 33.3 Å². The summed E-state index contributed by atoms with van der Waals surface area (Å²) in [5.41, 5.74) is -0.0197. The van der Waals surface area contributed by atoms with Crippen LogP contribution in [0.2, 0.25) is 0 Å². The van der Waals surface area contributed by atoms with Crippen LogP contribution in [0.3, 0.4) is 0 Å². The highest BCUT2D eigenvalue weighted by Gasteiger charge is 2.20. The van der Waals surface area contributed by atoms with Gasteiger partial charge in [-0.2, -0.15) is 18.4 Å². The van der Waals surface area contributed by atoms with E-state index in [1.165, 1.54) is 18.2 Å². The zero-order valence-electron chi connectivity index (χ0n) is 14.0. The maximum Gasteiger partial charge on any atom is 0.311 e. The van der Waals surface area contributed by atoms with Crippen LogP contribution in [-0.2, 0) is 10.0 Å². The zero-order chi connectivity index (χ0) is 19.2. The number of hydrogen-bond donors (Lipinski definition) is 1. The lowest BCUT2D eigenvalue weighted by atomic mass is 10.1. The Morgan fingerprint density at radius 1 is 1.27 bits per heavy atom. The van der Waals surface area contributed by atoms with Crippen molar-refractivity contribution < 1.29 is 22.8 Å². The molecule has 0 unspecified atom stereocenters. The summed E-state index contributed by atoms with van der Waals surface area (Å²) in [5.74, 6) is 0.359. The van der Waals surface area contributed by atoms with Crippen LogP contribution in [0.5, 0.6) is 11.5 Å². The lowest BCUT2D eigenvalue weighted by Crippen LogP contribution is -2.17. The molecule has 0 aliphatic rings. The standard InChI is InChI=1S/C15H17N3O6S2/c1-3-23-13-9-14(24-4-2)12(18(19)20)8-11(13)10-16-17-26(21,22)15-6-5-7-25-15/h5-10,17H,3-4H2,1-2H3/b16-10+. The molecule has 140 valence electrons. The fourth-order valence-corrected chi connectivity index (χ4v) is 3.76. The lowest BCUT2D eigenvalue weighted by Gasteiger charge is -2.10. The van der Waals surface area contributed by atoms with Crippen molar-refractivity contribution in [3.8, 4) is 11.5 Å². The van der Waals surface area contributed by atoms with Crippen LogP contribution in [0.15, 0.2) is 39.0 Å². The number of nitro groups is 1. The Kier molecular flexibility index (Phi) is 6.52. The third-order valence-electron chi connectivity index (χ3n) is 3.02. The molecule has 1 heterocycles. The first-order chi connectivity index (χ1) is 12.4. The molecule has 0 fully saturated rings. The van der Waals surface area contributed by atoms with Gasteiger partial charge in [0.2, 0.25) is 5.75 Å². The Morgan fingerprint density at radius 2 is 1.96 bits per heavy atom. The number of sulfonamides is 1. The van der Waals surface area contributed by atoms with Gasteiger partial charge in [0, 0.05) is 17.7 Å². The van der Waals surface area contributed by atoms with Crippen LogP contribution in [0, 0.1) is 10.1 Å². The van der Waals surface area contributed by atoms with Crippen molar-refractivity contribution in [2.24, 2.45) is 5.10 Å². The van der Waals surface area contributed by atoms with Crippen molar-refractivity contribution in [3.63, 3.8) is 0 Å². The molecule has 2 rings (SSSR count). The molecule has 1 N–H and O–H groups in total. The lowest BCUT2D eigenvalue weighted by molar-refractivity contribution is -0.385. The van der Waals surface area contributed by atoms with E-state index in [4.69, 9.17) is 9.47 Å². The van der Waals surface area contributed by atoms with Crippen LogP contribution < -0.4 is 14.3 Å². The third-order valence-corrected chi connectivity index (χ3v) is 5.64. The topological polar surface area (TPSA) is 120 Å². The summed E-state index contributed by atoms with van der Waals surface area (Å²) in [6, 6.07) is 5.65. The van der Waals surface area contributed by atoms with Gasteiger partial charge in [-0.05, 0) is 25.3 Å². The average molecular weight is 399 g/mol. The van der Waals surface area contributed by atoms with Gasteiger partial charge in [0.15, 0.2) is 0 Å². The molecule has 0 saturated carbocycles. The van der Waals surface area contributed by atoms with Gasteiger partial charge in [-0.1, -0.05) is 6.07 Å². The largest absolute Gasteiger partial charge is 0.493 e. The maximum absolute atomic E-state index is 12.0.